The van der Waals surface area contributed by atoms with Gasteiger partial charge < -0.3 is 20.3 Å². The predicted molar refractivity (Wildman–Crippen MR) is 310 cm³/mol. The minimum absolute atomic E-state index is 0.00346. The number of ether oxygens (including phenoxy) is 1. The summed E-state index contributed by atoms with van der Waals surface area (Å²) in [6.45, 7) is 4.91. The molecule has 0 saturated carbocycles. The highest BCUT2D eigenvalue weighted by atomic mass is 16.5. The van der Waals surface area contributed by atoms with Crippen LogP contribution in [0.15, 0.2) is 24.3 Å². The molecule has 0 heterocycles. The number of hydrogen-bond acceptors (Lipinski definition) is 5. The molecule has 0 rings (SSSR count). The first-order valence-corrected chi connectivity index (χ1v) is 32.1. The van der Waals surface area contributed by atoms with Crippen molar-refractivity contribution in [2.75, 3.05) is 13.2 Å². The fourth-order valence-corrected chi connectivity index (χ4v) is 10.0. The van der Waals surface area contributed by atoms with Crippen molar-refractivity contribution in [1.29, 1.82) is 0 Å². The van der Waals surface area contributed by atoms with Crippen molar-refractivity contribution >= 4 is 11.9 Å². The van der Waals surface area contributed by atoms with Gasteiger partial charge in [0.1, 0.15) is 0 Å². The molecule has 0 bridgehead atoms. The summed E-state index contributed by atoms with van der Waals surface area (Å²) in [6.07, 6.45) is 75.1. The normalized spacial score (nSPS) is 12.7. The van der Waals surface area contributed by atoms with Gasteiger partial charge in [0, 0.05) is 12.8 Å². The van der Waals surface area contributed by atoms with E-state index < -0.39 is 12.1 Å². The Labute approximate surface area is 443 Å². The highest BCUT2D eigenvalue weighted by Crippen LogP contribution is 2.18. The zero-order chi connectivity index (χ0) is 51.4. The molecule has 6 heteroatoms. The topological polar surface area (TPSA) is 95.9 Å². The van der Waals surface area contributed by atoms with Gasteiger partial charge >= 0.3 is 5.97 Å². The van der Waals surface area contributed by atoms with Crippen molar-refractivity contribution in [3.63, 3.8) is 0 Å². The number of nitrogens with one attached hydrogen (secondary N) is 1. The van der Waals surface area contributed by atoms with Gasteiger partial charge in [-0.15, -0.1) is 0 Å². The van der Waals surface area contributed by atoms with E-state index >= 15 is 0 Å². The Morgan fingerprint density at radius 3 is 1.00 bits per heavy atom. The van der Waals surface area contributed by atoms with Crippen LogP contribution in [0.1, 0.15) is 354 Å². The Morgan fingerprint density at radius 2 is 0.662 bits per heavy atom. The molecule has 0 fully saturated rings. The van der Waals surface area contributed by atoms with Crippen LogP contribution in [0.5, 0.6) is 0 Å². The zero-order valence-electron chi connectivity index (χ0n) is 48.0. The quantitative estimate of drug-likeness (QED) is 0.0320. The van der Waals surface area contributed by atoms with Crippen LogP contribution in [-0.2, 0) is 14.3 Å². The summed E-state index contributed by atoms with van der Waals surface area (Å²) in [5, 5.41) is 23.2. The van der Waals surface area contributed by atoms with Gasteiger partial charge in [0.15, 0.2) is 0 Å². The zero-order valence-corrected chi connectivity index (χ0v) is 48.0. The van der Waals surface area contributed by atoms with Gasteiger partial charge in [-0.05, 0) is 57.8 Å². The molecule has 0 aliphatic carbocycles. The predicted octanol–water partition coefficient (Wildman–Crippen LogP) is 20.2. The minimum Gasteiger partial charge on any atom is -0.466 e. The van der Waals surface area contributed by atoms with Gasteiger partial charge in [0.05, 0.1) is 25.4 Å². The second-order valence-corrected chi connectivity index (χ2v) is 22.1. The van der Waals surface area contributed by atoms with E-state index in [1.165, 1.54) is 276 Å². The Balaban J connectivity index is 3.47. The van der Waals surface area contributed by atoms with Gasteiger partial charge in [-0.3, -0.25) is 9.59 Å². The molecule has 3 N–H and O–H groups in total. The summed E-state index contributed by atoms with van der Waals surface area (Å²) < 4.78 is 5.46. The third-order valence-electron chi connectivity index (χ3n) is 15.0. The average Bonchev–Trinajstić information content (AvgIpc) is 3.37. The molecule has 0 aromatic heterocycles. The van der Waals surface area contributed by atoms with Crippen LogP contribution in [-0.4, -0.2) is 47.4 Å². The number of rotatable bonds is 60. The van der Waals surface area contributed by atoms with Crippen LogP contribution in [0.2, 0.25) is 0 Å². The molecule has 0 aliphatic rings. The molecule has 0 spiro atoms. The largest absolute Gasteiger partial charge is 0.466 e. The molecule has 2 unspecified atom stereocenters. The summed E-state index contributed by atoms with van der Waals surface area (Å²) in [7, 11) is 0. The number of aliphatic hydroxyl groups is 2. The van der Waals surface area contributed by atoms with Gasteiger partial charge in [0.2, 0.25) is 5.91 Å². The molecule has 0 aromatic rings. The number of hydrogen-bond donors (Lipinski definition) is 3. The van der Waals surface area contributed by atoms with Gasteiger partial charge in [-0.25, -0.2) is 0 Å². The van der Waals surface area contributed by atoms with Gasteiger partial charge in [-0.1, -0.05) is 308 Å². The van der Waals surface area contributed by atoms with Crippen LogP contribution in [0.3, 0.4) is 0 Å². The third kappa shape index (κ3) is 57.5. The van der Waals surface area contributed by atoms with Crippen molar-refractivity contribution in [2.24, 2.45) is 0 Å². The second kappa shape index (κ2) is 60.9. The molecular weight excluding hydrogens is 875 g/mol. The molecule has 1 amide bonds. The number of unbranched alkanes of at least 4 members (excludes halogenated alkanes) is 47. The van der Waals surface area contributed by atoms with Crippen LogP contribution < -0.4 is 5.32 Å². The number of allylic oxidation sites excluding steroid dienone is 3. The van der Waals surface area contributed by atoms with E-state index in [-0.39, 0.29) is 18.5 Å². The Morgan fingerprint density at radius 1 is 0.380 bits per heavy atom. The van der Waals surface area contributed by atoms with Crippen molar-refractivity contribution < 1.29 is 24.5 Å². The molecule has 420 valence electrons. The van der Waals surface area contributed by atoms with Crippen LogP contribution in [0.4, 0.5) is 0 Å². The molecule has 0 radical (unpaired) electrons. The van der Waals surface area contributed by atoms with E-state index in [0.717, 1.165) is 51.4 Å². The average molecular weight is 1000 g/mol. The maximum Gasteiger partial charge on any atom is 0.305 e. The summed E-state index contributed by atoms with van der Waals surface area (Å²) in [5.74, 6) is -0.0705. The minimum atomic E-state index is -0.852. The van der Waals surface area contributed by atoms with Crippen molar-refractivity contribution in [2.45, 2.75) is 366 Å². The summed E-state index contributed by atoms with van der Waals surface area (Å²) in [6, 6.07) is -0.636. The number of carbonyl (C=O) groups is 2. The molecule has 0 aromatic carbocycles. The van der Waals surface area contributed by atoms with E-state index in [9.17, 15) is 19.8 Å². The second-order valence-electron chi connectivity index (χ2n) is 22.1. The molecule has 0 aliphatic heterocycles. The van der Waals surface area contributed by atoms with Crippen molar-refractivity contribution in [1.82, 2.24) is 5.32 Å². The lowest BCUT2D eigenvalue weighted by Gasteiger charge is -2.20. The molecule has 2 atom stereocenters. The maximum atomic E-state index is 12.5. The maximum absolute atomic E-state index is 12.5. The van der Waals surface area contributed by atoms with Gasteiger partial charge in [-0.2, -0.15) is 0 Å². The van der Waals surface area contributed by atoms with Crippen molar-refractivity contribution in [3.05, 3.63) is 24.3 Å². The van der Waals surface area contributed by atoms with Crippen LogP contribution in [0.25, 0.3) is 0 Å². The standard InChI is InChI=1S/C65H125NO5/c1-3-5-7-9-11-13-15-16-17-18-19-20-21-22-23-25-28-31-34-38-41-45-49-53-57-63(68)62(61-67)66-64(69)58-54-50-46-42-39-35-32-29-26-24-27-30-33-36-40-44-48-52-56-60-71-65(70)59-55-51-47-43-37-14-12-10-8-6-4-2/h24,26,53,57,62-63,67-68H,3-23,25,27-52,54-56,58-61H2,1-2H3,(H,66,69)/b26-24-,57-53+. The van der Waals surface area contributed by atoms with Gasteiger partial charge in [0.25, 0.3) is 0 Å². The van der Waals surface area contributed by atoms with Crippen LogP contribution >= 0.6 is 0 Å². The van der Waals surface area contributed by atoms with E-state index in [1.54, 1.807) is 6.08 Å². The highest BCUT2D eigenvalue weighted by molar-refractivity contribution is 5.76. The molecular formula is C65H125NO5. The lowest BCUT2D eigenvalue weighted by atomic mass is 10.0. The Hall–Kier alpha value is -1.66. The highest BCUT2D eigenvalue weighted by Gasteiger charge is 2.18. The summed E-state index contributed by atoms with van der Waals surface area (Å²) in [4.78, 5) is 24.5. The number of esters is 1. The Kier molecular flexibility index (Phi) is 59.5. The van der Waals surface area contributed by atoms with E-state index in [0.29, 0.717) is 19.4 Å². The Bertz CT molecular complexity index is 1110. The fourth-order valence-electron chi connectivity index (χ4n) is 10.0. The lowest BCUT2D eigenvalue weighted by molar-refractivity contribution is -0.143. The molecule has 0 saturated heterocycles. The first-order chi connectivity index (χ1) is 35.0. The number of carbonyl (C=O) groups excluding carboxylic acids is 2. The fraction of sp³-hybridized carbons (Fsp3) is 0.908. The smallest absolute Gasteiger partial charge is 0.305 e. The SMILES string of the molecule is CCCCCCCCCCCCCCCCCCCCCCCC/C=C/C(O)C(CO)NC(=O)CCCCCCCCC/C=C\CCCCCCCCCCOC(=O)CCCCCCCCCCCCC. The van der Waals surface area contributed by atoms with Crippen molar-refractivity contribution in [3.8, 4) is 0 Å². The third-order valence-corrected chi connectivity index (χ3v) is 15.0. The van der Waals surface area contributed by atoms with E-state index in [2.05, 4.69) is 31.3 Å². The first kappa shape index (κ1) is 69.3. The first-order valence-electron chi connectivity index (χ1n) is 32.1. The lowest BCUT2D eigenvalue weighted by Crippen LogP contribution is -2.45. The van der Waals surface area contributed by atoms with E-state index in [1.807, 2.05) is 6.08 Å². The monoisotopic (exact) mass is 1000 g/mol. The number of amides is 1. The van der Waals surface area contributed by atoms with E-state index in [4.69, 9.17) is 4.74 Å². The molecule has 6 nitrogen and oxygen atoms in total. The molecule has 71 heavy (non-hydrogen) atoms. The summed E-state index contributed by atoms with van der Waals surface area (Å²) >= 11 is 0. The van der Waals surface area contributed by atoms with Crippen LogP contribution in [0, 0.1) is 0 Å². The number of aliphatic hydroxyl groups excluding tert-OH is 2. The summed E-state index contributed by atoms with van der Waals surface area (Å²) in [5.41, 5.74) is 0.